The molecule has 1 heterocycles. The highest BCUT2D eigenvalue weighted by Crippen LogP contribution is 2.20. The Morgan fingerprint density at radius 1 is 1.27 bits per heavy atom. The van der Waals surface area contributed by atoms with Gasteiger partial charge in [-0.25, -0.2) is 4.39 Å². The largest absolute Gasteiger partial charge is 0.346 e. The zero-order chi connectivity index (χ0) is 15.7. The molecule has 0 aliphatic heterocycles. The van der Waals surface area contributed by atoms with Crippen molar-refractivity contribution >= 4 is 28.4 Å². The fourth-order valence-electron chi connectivity index (χ4n) is 2.39. The number of nitrogens with zero attached hydrogens (tertiary/aromatic N) is 2. The molecule has 22 heavy (non-hydrogen) atoms. The summed E-state index contributed by atoms with van der Waals surface area (Å²) >= 11 is 5.88. The summed E-state index contributed by atoms with van der Waals surface area (Å²) in [5.41, 5.74) is 1.54. The highest BCUT2D eigenvalue weighted by atomic mass is 35.5. The minimum absolute atomic E-state index is 0.0865. The number of halogens is 2. The summed E-state index contributed by atoms with van der Waals surface area (Å²) < 4.78 is 15.5. The monoisotopic (exact) mass is 317 g/mol. The van der Waals surface area contributed by atoms with Gasteiger partial charge >= 0.3 is 0 Å². The van der Waals surface area contributed by atoms with Crippen LogP contribution in [-0.4, -0.2) is 15.7 Å². The number of nitrogens with one attached hydrogen (secondary N) is 1. The van der Waals surface area contributed by atoms with Gasteiger partial charge in [-0.05, 0) is 18.2 Å². The molecule has 2 aromatic carbocycles. The number of aromatic nitrogens is 2. The Bertz CT molecular complexity index is 839. The molecule has 112 valence electrons. The number of aryl methyl sites for hydroxylation is 1. The topological polar surface area (TPSA) is 46.9 Å². The van der Waals surface area contributed by atoms with E-state index in [-0.39, 0.29) is 17.1 Å². The molecule has 0 radical (unpaired) electrons. The van der Waals surface area contributed by atoms with Crippen LogP contribution in [0.25, 0.3) is 10.9 Å². The highest BCUT2D eigenvalue weighted by molar-refractivity contribution is 6.33. The first-order valence-corrected chi connectivity index (χ1v) is 7.08. The standard InChI is InChI=1S/C16H13ClFN3O/c1-21-14-8-3-2-5-10(14)13(20-21)9-19-16(22)15-11(17)6-4-7-12(15)18/h2-8H,9H2,1H3,(H,19,22). The Balaban J connectivity index is 1.84. The second-order valence-electron chi connectivity index (χ2n) is 4.87. The molecule has 0 saturated heterocycles. The van der Waals surface area contributed by atoms with Gasteiger partial charge in [-0.2, -0.15) is 5.10 Å². The lowest BCUT2D eigenvalue weighted by atomic mass is 10.2. The SMILES string of the molecule is Cn1nc(CNC(=O)c2c(F)cccc2Cl)c2ccccc21. The number of hydrogen-bond acceptors (Lipinski definition) is 2. The van der Waals surface area contributed by atoms with E-state index in [1.165, 1.54) is 18.2 Å². The molecule has 0 atom stereocenters. The van der Waals surface area contributed by atoms with Crippen LogP contribution in [0.5, 0.6) is 0 Å². The summed E-state index contributed by atoms with van der Waals surface area (Å²) in [6, 6.07) is 11.9. The lowest BCUT2D eigenvalue weighted by molar-refractivity contribution is 0.0946. The number of benzene rings is 2. The summed E-state index contributed by atoms with van der Waals surface area (Å²) in [7, 11) is 1.83. The minimum Gasteiger partial charge on any atom is -0.346 e. The first-order valence-electron chi connectivity index (χ1n) is 6.70. The number of fused-ring (bicyclic) bond motifs is 1. The molecule has 3 rings (SSSR count). The molecule has 3 aromatic rings. The zero-order valence-electron chi connectivity index (χ0n) is 11.8. The van der Waals surface area contributed by atoms with Crippen molar-refractivity contribution in [2.24, 2.45) is 7.05 Å². The summed E-state index contributed by atoms with van der Waals surface area (Å²) in [5.74, 6) is -1.20. The van der Waals surface area contributed by atoms with E-state index in [1.54, 1.807) is 4.68 Å². The second kappa shape index (κ2) is 5.77. The van der Waals surface area contributed by atoms with E-state index in [0.29, 0.717) is 0 Å². The normalized spacial score (nSPS) is 10.9. The van der Waals surface area contributed by atoms with Gasteiger partial charge in [0.25, 0.3) is 5.91 Å². The number of carbonyl (C=O) groups is 1. The third-order valence-electron chi connectivity index (χ3n) is 3.44. The summed E-state index contributed by atoms with van der Waals surface area (Å²) in [5, 5.41) is 8.07. The molecule has 0 bridgehead atoms. The maximum atomic E-state index is 13.7. The van der Waals surface area contributed by atoms with Crippen molar-refractivity contribution in [3.63, 3.8) is 0 Å². The molecule has 0 aliphatic rings. The number of rotatable bonds is 3. The van der Waals surface area contributed by atoms with Gasteiger partial charge in [0.05, 0.1) is 28.3 Å². The number of carbonyl (C=O) groups excluding carboxylic acids is 1. The van der Waals surface area contributed by atoms with Crippen LogP contribution in [0, 0.1) is 5.82 Å². The molecule has 1 N–H and O–H groups in total. The van der Waals surface area contributed by atoms with Crippen LogP contribution < -0.4 is 5.32 Å². The van der Waals surface area contributed by atoms with Crippen molar-refractivity contribution < 1.29 is 9.18 Å². The van der Waals surface area contributed by atoms with Gasteiger partial charge in [0.2, 0.25) is 0 Å². The number of para-hydroxylation sites is 1. The molecular formula is C16H13ClFN3O. The average Bonchev–Trinajstić information content (AvgIpc) is 2.82. The molecule has 1 aromatic heterocycles. The van der Waals surface area contributed by atoms with E-state index < -0.39 is 11.7 Å². The lowest BCUT2D eigenvalue weighted by Crippen LogP contribution is -2.24. The van der Waals surface area contributed by atoms with Crippen molar-refractivity contribution in [3.05, 3.63) is 64.6 Å². The van der Waals surface area contributed by atoms with Crippen LogP contribution >= 0.6 is 11.6 Å². The molecule has 4 nitrogen and oxygen atoms in total. The van der Waals surface area contributed by atoms with Crippen molar-refractivity contribution in [1.82, 2.24) is 15.1 Å². The van der Waals surface area contributed by atoms with E-state index >= 15 is 0 Å². The third kappa shape index (κ3) is 2.55. The quantitative estimate of drug-likeness (QED) is 0.805. The van der Waals surface area contributed by atoms with E-state index in [0.717, 1.165) is 16.6 Å². The molecule has 0 saturated carbocycles. The van der Waals surface area contributed by atoms with E-state index in [9.17, 15) is 9.18 Å². The van der Waals surface area contributed by atoms with Gasteiger partial charge in [0.1, 0.15) is 5.82 Å². The van der Waals surface area contributed by atoms with Crippen molar-refractivity contribution in [2.45, 2.75) is 6.54 Å². The van der Waals surface area contributed by atoms with Crippen LogP contribution in [0.15, 0.2) is 42.5 Å². The van der Waals surface area contributed by atoms with Gasteiger partial charge < -0.3 is 5.32 Å². The summed E-state index contributed by atoms with van der Waals surface area (Å²) in [4.78, 5) is 12.1. The predicted octanol–water partition coefficient (Wildman–Crippen LogP) is 3.30. The maximum Gasteiger partial charge on any atom is 0.256 e. The number of hydrogen-bond donors (Lipinski definition) is 1. The van der Waals surface area contributed by atoms with Crippen LogP contribution in [0.1, 0.15) is 16.1 Å². The Morgan fingerprint density at radius 2 is 2.05 bits per heavy atom. The molecular weight excluding hydrogens is 305 g/mol. The Hall–Kier alpha value is -2.40. The summed E-state index contributed by atoms with van der Waals surface area (Å²) in [6.07, 6.45) is 0. The van der Waals surface area contributed by atoms with Crippen molar-refractivity contribution in [3.8, 4) is 0 Å². The minimum atomic E-state index is -0.643. The fraction of sp³-hybridized carbons (Fsp3) is 0.125. The van der Waals surface area contributed by atoms with Gasteiger partial charge in [-0.15, -0.1) is 0 Å². The van der Waals surface area contributed by atoms with Gasteiger partial charge in [0.15, 0.2) is 0 Å². The molecule has 6 heteroatoms. The molecule has 0 aliphatic carbocycles. The Kier molecular flexibility index (Phi) is 3.81. The first-order chi connectivity index (χ1) is 10.6. The van der Waals surface area contributed by atoms with Gasteiger partial charge in [0, 0.05) is 12.4 Å². The number of amides is 1. The van der Waals surface area contributed by atoms with E-state index in [4.69, 9.17) is 11.6 Å². The molecule has 0 fully saturated rings. The van der Waals surface area contributed by atoms with Crippen LogP contribution in [0.3, 0.4) is 0 Å². The molecule has 1 amide bonds. The van der Waals surface area contributed by atoms with Crippen LogP contribution in [0.2, 0.25) is 5.02 Å². The third-order valence-corrected chi connectivity index (χ3v) is 3.76. The average molecular weight is 318 g/mol. The van der Waals surface area contributed by atoms with Gasteiger partial charge in [-0.3, -0.25) is 9.48 Å². The summed E-state index contributed by atoms with van der Waals surface area (Å²) in [6.45, 7) is 0.199. The highest BCUT2D eigenvalue weighted by Gasteiger charge is 2.16. The predicted molar refractivity (Wildman–Crippen MR) is 83.3 cm³/mol. The Labute approximate surface area is 131 Å². The van der Waals surface area contributed by atoms with Crippen molar-refractivity contribution in [2.75, 3.05) is 0 Å². The van der Waals surface area contributed by atoms with E-state index in [2.05, 4.69) is 10.4 Å². The zero-order valence-corrected chi connectivity index (χ0v) is 12.6. The smallest absolute Gasteiger partial charge is 0.256 e. The van der Waals surface area contributed by atoms with Crippen LogP contribution in [0.4, 0.5) is 4.39 Å². The van der Waals surface area contributed by atoms with Crippen molar-refractivity contribution in [1.29, 1.82) is 0 Å². The maximum absolute atomic E-state index is 13.7. The first kappa shape index (κ1) is 14.5. The molecule has 0 spiro atoms. The van der Waals surface area contributed by atoms with E-state index in [1.807, 2.05) is 31.3 Å². The lowest BCUT2D eigenvalue weighted by Gasteiger charge is -2.06. The second-order valence-corrected chi connectivity index (χ2v) is 5.27. The van der Waals surface area contributed by atoms with Gasteiger partial charge in [-0.1, -0.05) is 35.9 Å². The Morgan fingerprint density at radius 3 is 2.82 bits per heavy atom. The van der Waals surface area contributed by atoms with Crippen LogP contribution in [-0.2, 0) is 13.6 Å². The molecule has 0 unspecified atom stereocenters. The fourth-order valence-corrected chi connectivity index (χ4v) is 2.64.